The van der Waals surface area contributed by atoms with Crippen LogP contribution >= 0.6 is 0 Å². The maximum atomic E-state index is 13.0. The topological polar surface area (TPSA) is 77.0 Å². The van der Waals surface area contributed by atoms with E-state index < -0.39 is 17.5 Å². The zero-order chi connectivity index (χ0) is 25.0. The maximum Gasteiger partial charge on any atom is 0.433 e. The van der Waals surface area contributed by atoms with E-state index in [9.17, 15) is 18.0 Å². The summed E-state index contributed by atoms with van der Waals surface area (Å²) >= 11 is 0. The van der Waals surface area contributed by atoms with Gasteiger partial charge in [-0.05, 0) is 67.0 Å². The molecular weight excluding hydrogens is 457 g/mol. The molecule has 1 saturated carbocycles. The second kappa shape index (κ2) is 8.03. The first-order valence-electron chi connectivity index (χ1n) is 11.4. The Kier molecular flexibility index (Phi) is 5.34. The van der Waals surface area contributed by atoms with Crippen LogP contribution in [0.1, 0.15) is 50.1 Å². The Balaban J connectivity index is 1.41. The number of halogens is 3. The van der Waals surface area contributed by atoms with Crippen molar-refractivity contribution >= 4 is 17.6 Å². The lowest BCUT2D eigenvalue weighted by Crippen LogP contribution is -2.54. The first kappa shape index (κ1) is 23.3. The first-order chi connectivity index (χ1) is 16.5. The number of anilines is 2. The van der Waals surface area contributed by atoms with E-state index in [2.05, 4.69) is 34.1 Å². The van der Waals surface area contributed by atoms with Crippen LogP contribution < -0.4 is 5.32 Å². The normalized spacial score (nSPS) is 23.1. The standard InChI is InChI=1S/C26H25F3N4O2/c1-15-10-17(12-18(11-15)32-23-30-9-7-21(33-23)26(27,28)29)16-4-5-20(31-13-16)25-8-6-19(22(34)35-25)24(2,3)14-25/h4-5,7,9-13,19H,6,8,14H2,1-3H3,(H,30,32,33)/t19-,25?/m0/s1. The summed E-state index contributed by atoms with van der Waals surface area (Å²) in [5.41, 5.74) is 2.01. The highest BCUT2D eigenvalue weighted by atomic mass is 19.4. The van der Waals surface area contributed by atoms with E-state index in [1.165, 1.54) is 0 Å². The number of aromatic nitrogens is 3. The number of hydrogen-bond donors (Lipinski definition) is 1. The molecule has 1 aliphatic carbocycles. The Morgan fingerprint density at radius 3 is 2.54 bits per heavy atom. The minimum atomic E-state index is -4.55. The van der Waals surface area contributed by atoms with E-state index in [0.717, 1.165) is 53.9 Å². The molecule has 1 unspecified atom stereocenters. The molecule has 0 amide bonds. The lowest BCUT2D eigenvalue weighted by Gasteiger charge is -2.53. The molecule has 9 heteroatoms. The van der Waals surface area contributed by atoms with Crippen LogP contribution in [0.15, 0.2) is 48.8 Å². The number of rotatable bonds is 4. The number of benzene rings is 1. The van der Waals surface area contributed by atoms with Crippen LogP contribution in [0.3, 0.4) is 0 Å². The summed E-state index contributed by atoms with van der Waals surface area (Å²) < 4.78 is 44.8. The Bertz CT molecular complexity index is 1290. The summed E-state index contributed by atoms with van der Waals surface area (Å²) in [6.45, 7) is 6.11. The van der Waals surface area contributed by atoms with Gasteiger partial charge in [-0.25, -0.2) is 9.97 Å². The molecular formula is C26H25F3N4O2. The second-order valence-corrected chi connectivity index (χ2v) is 10.1. The fourth-order valence-corrected chi connectivity index (χ4v) is 5.34. The molecule has 0 radical (unpaired) electrons. The predicted octanol–water partition coefficient (Wildman–Crippen LogP) is 6.19. The van der Waals surface area contributed by atoms with E-state index in [0.29, 0.717) is 5.69 Å². The van der Waals surface area contributed by atoms with Crippen molar-refractivity contribution in [2.24, 2.45) is 11.3 Å². The number of alkyl halides is 3. The van der Waals surface area contributed by atoms with Gasteiger partial charge in [0.1, 0.15) is 5.69 Å². The van der Waals surface area contributed by atoms with Gasteiger partial charge in [-0.2, -0.15) is 13.2 Å². The van der Waals surface area contributed by atoms with Gasteiger partial charge in [-0.15, -0.1) is 0 Å². The molecule has 182 valence electrons. The van der Waals surface area contributed by atoms with Gasteiger partial charge in [0, 0.05) is 23.6 Å². The van der Waals surface area contributed by atoms with Crippen LogP contribution in [0.25, 0.3) is 11.1 Å². The molecule has 2 bridgehead atoms. The second-order valence-electron chi connectivity index (χ2n) is 10.1. The SMILES string of the molecule is Cc1cc(Nc2nccc(C(F)(F)F)n2)cc(-c2ccc(C34CC[C@@H](C(=O)O3)C(C)(C)C4)nc2)c1. The fraction of sp³-hybridized carbons (Fsp3) is 0.385. The highest BCUT2D eigenvalue weighted by Gasteiger charge is 2.57. The first-order valence-corrected chi connectivity index (χ1v) is 11.4. The third-order valence-electron chi connectivity index (χ3n) is 6.94. The number of aryl methyl sites for hydroxylation is 1. The smallest absolute Gasteiger partial charge is 0.433 e. The minimum Gasteiger partial charge on any atom is -0.452 e. The molecule has 2 aliphatic heterocycles. The fourth-order valence-electron chi connectivity index (χ4n) is 5.34. The monoisotopic (exact) mass is 482 g/mol. The van der Waals surface area contributed by atoms with Crippen molar-refractivity contribution in [3.05, 3.63) is 65.7 Å². The molecule has 3 aromatic rings. The molecule has 0 spiro atoms. The average Bonchev–Trinajstić information content (AvgIpc) is 2.78. The number of pyridine rings is 1. The third-order valence-corrected chi connectivity index (χ3v) is 6.94. The molecule has 1 aromatic carbocycles. The molecule has 6 nitrogen and oxygen atoms in total. The number of esters is 1. The number of carbonyl (C=O) groups excluding carboxylic acids is 1. The molecule has 2 atom stereocenters. The molecule has 6 rings (SSSR count). The summed E-state index contributed by atoms with van der Waals surface area (Å²) in [6.07, 6.45) is 0.548. The van der Waals surface area contributed by atoms with Crippen LogP contribution in [0.4, 0.5) is 24.8 Å². The zero-order valence-corrected chi connectivity index (χ0v) is 19.6. The van der Waals surface area contributed by atoms with Crippen molar-refractivity contribution in [1.82, 2.24) is 15.0 Å². The van der Waals surface area contributed by atoms with E-state index in [1.54, 1.807) is 18.3 Å². The van der Waals surface area contributed by atoms with Gasteiger partial charge in [0.2, 0.25) is 5.95 Å². The Labute approximate surface area is 201 Å². The van der Waals surface area contributed by atoms with Crippen LogP contribution in [0.5, 0.6) is 0 Å². The number of fused-ring (bicyclic) bond motifs is 3. The van der Waals surface area contributed by atoms with Crippen LogP contribution in [0, 0.1) is 18.3 Å². The van der Waals surface area contributed by atoms with Crippen molar-refractivity contribution in [3.63, 3.8) is 0 Å². The van der Waals surface area contributed by atoms with Crippen molar-refractivity contribution in [3.8, 4) is 11.1 Å². The van der Waals surface area contributed by atoms with Crippen LogP contribution in [0.2, 0.25) is 0 Å². The van der Waals surface area contributed by atoms with Crippen molar-refractivity contribution < 1.29 is 22.7 Å². The zero-order valence-electron chi connectivity index (χ0n) is 19.6. The van der Waals surface area contributed by atoms with Crippen molar-refractivity contribution in [2.75, 3.05) is 5.32 Å². The number of ether oxygens (including phenoxy) is 1. The Morgan fingerprint density at radius 1 is 1.09 bits per heavy atom. The molecule has 3 fully saturated rings. The summed E-state index contributed by atoms with van der Waals surface area (Å²) in [5.74, 6) is -0.353. The van der Waals surface area contributed by atoms with Crippen molar-refractivity contribution in [1.29, 1.82) is 0 Å². The van der Waals surface area contributed by atoms with Gasteiger partial charge in [-0.3, -0.25) is 9.78 Å². The van der Waals surface area contributed by atoms with Gasteiger partial charge >= 0.3 is 12.1 Å². The summed E-state index contributed by atoms with van der Waals surface area (Å²) in [5, 5.41) is 2.86. The van der Waals surface area contributed by atoms with E-state index in [-0.39, 0.29) is 23.3 Å². The lowest BCUT2D eigenvalue weighted by atomic mass is 9.60. The number of carbonyl (C=O) groups is 1. The van der Waals surface area contributed by atoms with Crippen LogP contribution in [-0.4, -0.2) is 20.9 Å². The van der Waals surface area contributed by atoms with Crippen LogP contribution in [-0.2, 0) is 21.3 Å². The highest BCUT2D eigenvalue weighted by Crippen LogP contribution is 2.56. The van der Waals surface area contributed by atoms with Gasteiger partial charge in [0.15, 0.2) is 5.60 Å². The van der Waals surface area contributed by atoms with E-state index in [4.69, 9.17) is 4.74 Å². The van der Waals surface area contributed by atoms with E-state index in [1.807, 2.05) is 25.1 Å². The molecule has 1 N–H and O–H groups in total. The maximum absolute atomic E-state index is 13.0. The predicted molar refractivity (Wildman–Crippen MR) is 124 cm³/mol. The quantitative estimate of drug-likeness (QED) is 0.447. The highest BCUT2D eigenvalue weighted by molar-refractivity contribution is 5.76. The minimum absolute atomic E-state index is 0.0670. The summed E-state index contributed by atoms with van der Waals surface area (Å²) in [4.78, 5) is 24.7. The Morgan fingerprint density at radius 2 is 1.89 bits per heavy atom. The van der Waals surface area contributed by atoms with Gasteiger partial charge in [-0.1, -0.05) is 26.0 Å². The molecule has 3 aliphatic rings. The third kappa shape index (κ3) is 4.35. The number of nitrogens with one attached hydrogen (secondary N) is 1. The summed E-state index contributed by atoms with van der Waals surface area (Å²) in [7, 11) is 0. The van der Waals surface area contributed by atoms with Gasteiger partial charge in [0.25, 0.3) is 0 Å². The largest absolute Gasteiger partial charge is 0.452 e. The molecule has 2 aromatic heterocycles. The lowest BCUT2D eigenvalue weighted by molar-refractivity contribution is -0.210. The average molecular weight is 483 g/mol. The Hall–Kier alpha value is -3.49. The van der Waals surface area contributed by atoms with Gasteiger partial charge < -0.3 is 10.1 Å². The summed E-state index contributed by atoms with van der Waals surface area (Å²) in [6, 6.07) is 10.2. The molecule has 2 saturated heterocycles. The van der Waals surface area contributed by atoms with E-state index >= 15 is 0 Å². The van der Waals surface area contributed by atoms with Gasteiger partial charge in [0.05, 0.1) is 11.6 Å². The van der Waals surface area contributed by atoms with Crippen molar-refractivity contribution in [2.45, 2.75) is 51.8 Å². The molecule has 35 heavy (non-hydrogen) atoms. The number of hydrogen-bond acceptors (Lipinski definition) is 6. The molecule has 4 heterocycles. The number of nitrogens with zero attached hydrogens (tertiary/aromatic N) is 3.